The maximum atomic E-state index is 12.4. The molecule has 1 aliphatic carbocycles. The number of fused-ring (bicyclic) bond motifs is 3. The van der Waals surface area contributed by atoms with Gasteiger partial charge in [0.25, 0.3) is 5.91 Å². The van der Waals surface area contributed by atoms with E-state index in [0.29, 0.717) is 0 Å². The quantitative estimate of drug-likeness (QED) is 0.523. The highest BCUT2D eigenvalue weighted by Crippen LogP contribution is 2.44. The summed E-state index contributed by atoms with van der Waals surface area (Å²) in [5.41, 5.74) is 4.53. The largest absolute Gasteiger partial charge is 0.472 e. The van der Waals surface area contributed by atoms with Crippen LogP contribution >= 0.6 is 0 Å². The Labute approximate surface area is 189 Å². The lowest BCUT2D eigenvalue weighted by atomic mass is 9.98. The van der Waals surface area contributed by atoms with Crippen LogP contribution in [-0.4, -0.2) is 41.2 Å². The van der Waals surface area contributed by atoms with Crippen LogP contribution in [-0.2, 0) is 9.53 Å². The average Bonchev–Trinajstić information content (AvgIpc) is 3.14. The normalized spacial score (nSPS) is 11.4. The van der Waals surface area contributed by atoms with Gasteiger partial charge in [-0.25, -0.2) is 14.6 Å². The summed E-state index contributed by atoms with van der Waals surface area (Å²) >= 11 is 0. The van der Waals surface area contributed by atoms with E-state index in [1.165, 1.54) is 12.1 Å². The summed E-state index contributed by atoms with van der Waals surface area (Å²) in [5.74, 6) is 2.44. The van der Waals surface area contributed by atoms with Crippen molar-refractivity contribution in [2.24, 2.45) is 0 Å². The monoisotopic (exact) mass is 441 g/mol. The van der Waals surface area contributed by atoms with Gasteiger partial charge < -0.3 is 15.2 Å². The lowest BCUT2D eigenvalue weighted by Crippen LogP contribution is -2.25. The molecule has 0 bridgehead atoms. The van der Waals surface area contributed by atoms with Gasteiger partial charge in [0.1, 0.15) is 18.1 Å². The van der Waals surface area contributed by atoms with Gasteiger partial charge in [0.2, 0.25) is 0 Å². The zero-order chi connectivity index (χ0) is 23.2. The second kappa shape index (κ2) is 9.66. The highest BCUT2D eigenvalue weighted by Gasteiger charge is 2.29. The molecule has 164 valence electrons. The molecule has 0 saturated heterocycles. The Morgan fingerprint density at radius 2 is 1.61 bits per heavy atom. The van der Waals surface area contributed by atoms with Crippen molar-refractivity contribution in [2.45, 2.75) is 5.92 Å². The van der Waals surface area contributed by atoms with E-state index >= 15 is 0 Å². The summed E-state index contributed by atoms with van der Waals surface area (Å²) in [5, 5.41) is 13.4. The average molecular weight is 441 g/mol. The number of anilines is 1. The van der Waals surface area contributed by atoms with Gasteiger partial charge in [0.15, 0.2) is 0 Å². The molecule has 0 radical (unpaired) electrons. The van der Waals surface area contributed by atoms with Crippen LogP contribution in [0.4, 0.5) is 10.6 Å². The molecule has 0 saturated carbocycles. The van der Waals surface area contributed by atoms with E-state index in [2.05, 4.69) is 33.7 Å². The fourth-order valence-corrected chi connectivity index (χ4v) is 3.70. The van der Waals surface area contributed by atoms with Crippen molar-refractivity contribution in [3.05, 3.63) is 83.6 Å². The first kappa shape index (κ1) is 21.6. The Balaban J connectivity index is 1.37. The van der Waals surface area contributed by atoms with Crippen LogP contribution in [0.2, 0.25) is 0 Å². The highest BCUT2D eigenvalue weighted by atomic mass is 16.5. The Bertz CT molecular complexity index is 1250. The molecule has 8 heteroatoms. The molecule has 3 aromatic rings. The molecule has 1 heterocycles. The van der Waals surface area contributed by atoms with Crippen LogP contribution in [0.1, 0.15) is 27.5 Å². The third kappa shape index (κ3) is 4.99. The number of pyridine rings is 1. The Kier molecular flexibility index (Phi) is 6.32. The third-order valence-electron chi connectivity index (χ3n) is 5.09. The lowest BCUT2D eigenvalue weighted by molar-refractivity contribution is -0.130. The SMILES string of the molecule is O=C(O)C#CCNC(=O)c1cccc(NC(=O)OCC2c3ccccc3-c3ccccc32)n1. The molecule has 0 fully saturated rings. The molecule has 2 aromatic carbocycles. The Morgan fingerprint density at radius 1 is 0.939 bits per heavy atom. The van der Waals surface area contributed by atoms with Crippen molar-refractivity contribution >= 4 is 23.8 Å². The molecule has 4 rings (SSSR count). The number of benzene rings is 2. The van der Waals surface area contributed by atoms with Gasteiger partial charge in [0, 0.05) is 11.8 Å². The van der Waals surface area contributed by atoms with Gasteiger partial charge in [-0.1, -0.05) is 60.5 Å². The van der Waals surface area contributed by atoms with E-state index < -0.39 is 18.0 Å². The summed E-state index contributed by atoms with van der Waals surface area (Å²) in [6.45, 7) is 0.0130. The van der Waals surface area contributed by atoms with Gasteiger partial charge in [-0.3, -0.25) is 10.1 Å². The molecule has 1 aliphatic rings. The van der Waals surface area contributed by atoms with E-state index in [4.69, 9.17) is 9.84 Å². The number of aromatic nitrogens is 1. The smallest absolute Gasteiger partial charge is 0.412 e. The molecule has 33 heavy (non-hydrogen) atoms. The van der Waals surface area contributed by atoms with E-state index in [1.54, 1.807) is 6.07 Å². The Hall–Kier alpha value is -4.64. The highest BCUT2D eigenvalue weighted by molar-refractivity contribution is 5.93. The minimum absolute atomic E-state index is 0.0450. The number of nitrogens with one attached hydrogen (secondary N) is 2. The van der Waals surface area contributed by atoms with Crippen molar-refractivity contribution in [3.63, 3.8) is 0 Å². The standard InChI is InChI=1S/C25H19N3O5/c29-23(30)13-6-14-26-24(31)21-11-5-12-22(27-21)28-25(32)33-15-20-18-9-3-1-7-16(18)17-8-2-4-10-19(17)20/h1-5,7-12,20H,14-15H2,(H,26,31)(H,29,30)(H,27,28,32). The second-order valence-electron chi connectivity index (χ2n) is 7.15. The van der Waals surface area contributed by atoms with E-state index in [1.807, 2.05) is 42.3 Å². The first-order chi connectivity index (χ1) is 16.0. The molecule has 0 spiro atoms. The van der Waals surface area contributed by atoms with E-state index in [-0.39, 0.29) is 30.6 Å². The predicted molar refractivity (Wildman–Crippen MR) is 121 cm³/mol. The van der Waals surface area contributed by atoms with Crippen molar-refractivity contribution in [1.29, 1.82) is 0 Å². The number of carboxylic acids is 1. The number of nitrogens with zero attached hydrogens (tertiary/aromatic N) is 1. The summed E-state index contributed by atoms with van der Waals surface area (Å²) in [6.07, 6.45) is -0.686. The number of rotatable bonds is 5. The summed E-state index contributed by atoms with van der Waals surface area (Å²) in [7, 11) is 0. The van der Waals surface area contributed by atoms with Gasteiger partial charge in [-0.05, 0) is 34.4 Å². The van der Waals surface area contributed by atoms with Crippen LogP contribution in [0.5, 0.6) is 0 Å². The number of carboxylic acid groups (broad SMARTS) is 1. The lowest BCUT2D eigenvalue weighted by Gasteiger charge is -2.14. The summed E-state index contributed by atoms with van der Waals surface area (Å²) < 4.78 is 5.48. The van der Waals surface area contributed by atoms with E-state index in [0.717, 1.165) is 22.3 Å². The molecule has 2 amide bonds. The molecule has 0 aliphatic heterocycles. The zero-order valence-corrected chi connectivity index (χ0v) is 17.4. The number of ether oxygens (including phenoxy) is 1. The summed E-state index contributed by atoms with van der Waals surface area (Å²) in [4.78, 5) is 39.0. The van der Waals surface area contributed by atoms with Crippen molar-refractivity contribution < 1.29 is 24.2 Å². The Morgan fingerprint density at radius 3 is 2.27 bits per heavy atom. The van der Waals surface area contributed by atoms with Gasteiger partial charge in [0.05, 0.1) is 6.54 Å². The van der Waals surface area contributed by atoms with Gasteiger partial charge in [-0.2, -0.15) is 0 Å². The fraction of sp³-hybridized carbons (Fsp3) is 0.120. The molecule has 3 N–H and O–H groups in total. The predicted octanol–water partition coefficient (Wildman–Crippen LogP) is 3.26. The van der Waals surface area contributed by atoms with E-state index in [9.17, 15) is 14.4 Å². The number of carbonyl (C=O) groups is 3. The fourth-order valence-electron chi connectivity index (χ4n) is 3.70. The zero-order valence-electron chi connectivity index (χ0n) is 17.4. The van der Waals surface area contributed by atoms with Crippen LogP contribution in [0, 0.1) is 11.8 Å². The molecule has 0 unspecified atom stereocenters. The molecular formula is C25H19N3O5. The minimum atomic E-state index is -1.28. The molecular weight excluding hydrogens is 422 g/mol. The van der Waals surface area contributed by atoms with Crippen LogP contribution in [0.3, 0.4) is 0 Å². The van der Waals surface area contributed by atoms with Crippen molar-refractivity contribution in [1.82, 2.24) is 10.3 Å². The number of amides is 2. The van der Waals surface area contributed by atoms with Crippen LogP contribution in [0.15, 0.2) is 66.7 Å². The molecule has 1 aromatic heterocycles. The number of carbonyl (C=O) groups excluding carboxylic acids is 2. The van der Waals surface area contributed by atoms with Crippen LogP contribution < -0.4 is 10.6 Å². The maximum Gasteiger partial charge on any atom is 0.412 e. The van der Waals surface area contributed by atoms with Gasteiger partial charge in [-0.15, -0.1) is 0 Å². The molecule has 8 nitrogen and oxygen atoms in total. The van der Waals surface area contributed by atoms with Crippen LogP contribution in [0.25, 0.3) is 11.1 Å². The van der Waals surface area contributed by atoms with Crippen molar-refractivity contribution in [3.8, 4) is 23.0 Å². The summed E-state index contributed by atoms with van der Waals surface area (Å²) in [6, 6.07) is 20.6. The maximum absolute atomic E-state index is 12.4. The minimum Gasteiger partial charge on any atom is -0.472 e. The number of hydrogen-bond acceptors (Lipinski definition) is 5. The first-order valence-electron chi connectivity index (χ1n) is 10.1. The number of aliphatic carboxylic acids is 1. The first-order valence-corrected chi connectivity index (χ1v) is 10.1. The van der Waals surface area contributed by atoms with Crippen molar-refractivity contribution in [2.75, 3.05) is 18.5 Å². The van der Waals surface area contributed by atoms with Gasteiger partial charge >= 0.3 is 12.1 Å². The third-order valence-corrected chi connectivity index (χ3v) is 5.09. The molecule has 0 atom stereocenters. The number of hydrogen-bond donors (Lipinski definition) is 3. The second-order valence-corrected chi connectivity index (χ2v) is 7.15. The topological polar surface area (TPSA) is 118 Å².